The molecule has 1 heterocycles. The van der Waals surface area contributed by atoms with Gasteiger partial charge in [-0.25, -0.2) is 0 Å². The summed E-state index contributed by atoms with van der Waals surface area (Å²) in [6.07, 6.45) is 3.27. The molecule has 0 unspecified atom stereocenters. The fourth-order valence-electron chi connectivity index (χ4n) is 3.37. The van der Waals surface area contributed by atoms with E-state index in [1.54, 1.807) is 7.11 Å². The summed E-state index contributed by atoms with van der Waals surface area (Å²) < 4.78 is 5.14. The Bertz CT molecular complexity index is 208. The number of nitrogens with two attached hydrogens (primary N) is 1. The summed E-state index contributed by atoms with van der Waals surface area (Å²) >= 11 is 0. The van der Waals surface area contributed by atoms with E-state index in [0.29, 0.717) is 6.04 Å². The van der Waals surface area contributed by atoms with Gasteiger partial charge < -0.3 is 10.5 Å². The summed E-state index contributed by atoms with van der Waals surface area (Å²) in [5.41, 5.74) is 6.56. The molecule has 0 amide bonds. The van der Waals surface area contributed by atoms with Crippen LogP contribution in [0.15, 0.2) is 0 Å². The highest BCUT2D eigenvalue weighted by atomic mass is 16.5. The maximum Gasteiger partial charge on any atom is 0.0474 e. The summed E-state index contributed by atoms with van der Waals surface area (Å²) in [6, 6.07) is 0.337. The van der Waals surface area contributed by atoms with Crippen molar-refractivity contribution in [3.8, 4) is 0 Å². The van der Waals surface area contributed by atoms with E-state index in [9.17, 15) is 0 Å². The average molecular weight is 228 g/mol. The monoisotopic (exact) mass is 228 g/mol. The molecule has 0 aromatic heterocycles. The number of likely N-dealkylation sites (tertiary alicyclic amines) is 1. The summed E-state index contributed by atoms with van der Waals surface area (Å²) in [5, 5.41) is 0. The standard InChI is InChI=1S/C13H28N2O/c1-12(2)9-11(14)10-13(3,4)15(12)7-6-8-16-5/h11H,6-10,14H2,1-5H3. The SMILES string of the molecule is COCCCN1C(C)(C)CC(N)CC1(C)C. The summed E-state index contributed by atoms with van der Waals surface area (Å²) in [6.45, 7) is 11.2. The van der Waals surface area contributed by atoms with Gasteiger partial charge in [0, 0.05) is 37.4 Å². The second-order valence-electron chi connectivity index (χ2n) is 6.29. The van der Waals surface area contributed by atoms with Crippen molar-refractivity contribution in [3.05, 3.63) is 0 Å². The lowest BCUT2D eigenvalue weighted by Gasteiger charge is -2.55. The van der Waals surface area contributed by atoms with Crippen molar-refractivity contribution < 1.29 is 4.74 Å². The maximum atomic E-state index is 6.15. The number of piperidine rings is 1. The Morgan fingerprint density at radius 3 is 2.12 bits per heavy atom. The van der Waals surface area contributed by atoms with Crippen LogP contribution in [0.4, 0.5) is 0 Å². The van der Waals surface area contributed by atoms with E-state index in [2.05, 4.69) is 32.6 Å². The molecule has 0 aromatic carbocycles. The van der Waals surface area contributed by atoms with Crippen LogP contribution in [-0.4, -0.2) is 42.3 Å². The van der Waals surface area contributed by atoms with E-state index in [0.717, 1.165) is 32.4 Å². The lowest BCUT2D eigenvalue weighted by Crippen LogP contribution is -2.63. The van der Waals surface area contributed by atoms with E-state index in [-0.39, 0.29) is 11.1 Å². The van der Waals surface area contributed by atoms with Gasteiger partial charge in [-0.15, -0.1) is 0 Å². The van der Waals surface area contributed by atoms with Gasteiger partial charge >= 0.3 is 0 Å². The normalized spacial score (nSPS) is 25.9. The summed E-state index contributed by atoms with van der Waals surface area (Å²) in [7, 11) is 1.77. The largest absolute Gasteiger partial charge is 0.385 e. The topological polar surface area (TPSA) is 38.5 Å². The molecule has 3 heteroatoms. The highest BCUT2D eigenvalue weighted by Crippen LogP contribution is 2.37. The second-order valence-corrected chi connectivity index (χ2v) is 6.29. The van der Waals surface area contributed by atoms with Gasteiger partial charge in [0.15, 0.2) is 0 Å². The second kappa shape index (κ2) is 5.03. The van der Waals surface area contributed by atoms with Gasteiger partial charge in [-0.05, 0) is 47.0 Å². The third-order valence-corrected chi connectivity index (χ3v) is 3.72. The molecule has 2 N–H and O–H groups in total. The number of hydrogen-bond acceptors (Lipinski definition) is 3. The molecular weight excluding hydrogens is 200 g/mol. The van der Waals surface area contributed by atoms with Crippen LogP contribution in [0.1, 0.15) is 47.0 Å². The molecule has 16 heavy (non-hydrogen) atoms. The number of rotatable bonds is 4. The van der Waals surface area contributed by atoms with Crippen molar-refractivity contribution in [2.75, 3.05) is 20.3 Å². The molecule has 0 atom stereocenters. The third kappa shape index (κ3) is 3.19. The van der Waals surface area contributed by atoms with Crippen LogP contribution in [0.5, 0.6) is 0 Å². The summed E-state index contributed by atoms with van der Waals surface area (Å²) in [4.78, 5) is 2.60. The van der Waals surface area contributed by atoms with Crippen LogP contribution in [0.25, 0.3) is 0 Å². The first-order valence-corrected chi connectivity index (χ1v) is 6.32. The molecule has 0 saturated carbocycles. The number of ether oxygens (including phenoxy) is 1. The van der Waals surface area contributed by atoms with Crippen molar-refractivity contribution in [2.24, 2.45) is 5.73 Å². The lowest BCUT2D eigenvalue weighted by atomic mass is 9.77. The first-order valence-electron chi connectivity index (χ1n) is 6.32. The molecule has 1 rings (SSSR count). The first kappa shape index (κ1) is 13.9. The van der Waals surface area contributed by atoms with Crippen LogP contribution < -0.4 is 5.73 Å². The van der Waals surface area contributed by atoms with Gasteiger partial charge in [0.25, 0.3) is 0 Å². The molecule has 0 aliphatic carbocycles. The van der Waals surface area contributed by atoms with Gasteiger partial charge in [0.05, 0.1) is 0 Å². The van der Waals surface area contributed by atoms with Crippen molar-refractivity contribution in [3.63, 3.8) is 0 Å². The zero-order valence-electron chi connectivity index (χ0n) is 11.5. The van der Waals surface area contributed by atoms with Crippen LogP contribution in [0.2, 0.25) is 0 Å². The van der Waals surface area contributed by atoms with Gasteiger partial charge in [-0.1, -0.05) is 0 Å². The predicted octanol–water partition coefficient (Wildman–Crippen LogP) is 2.00. The van der Waals surface area contributed by atoms with E-state index >= 15 is 0 Å². The molecule has 1 saturated heterocycles. The molecule has 0 radical (unpaired) electrons. The Balaban J connectivity index is 2.68. The van der Waals surface area contributed by atoms with Crippen LogP contribution in [0.3, 0.4) is 0 Å². The van der Waals surface area contributed by atoms with E-state index < -0.39 is 0 Å². The van der Waals surface area contributed by atoms with E-state index in [1.807, 2.05) is 0 Å². The molecule has 0 spiro atoms. The van der Waals surface area contributed by atoms with E-state index in [1.165, 1.54) is 0 Å². The Labute approximate surface area is 100 Å². The maximum absolute atomic E-state index is 6.15. The molecule has 0 bridgehead atoms. The van der Waals surface area contributed by atoms with E-state index in [4.69, 9.17) is 10.5 Å². The number of hydrogen-bond donors (Lipinski definition) is 1. The number of nitrogens with zero attached hydrogens (tertiary/aromatic N) is 1. The highest BCUT2D eigenvalue weighted by Gasteiger charge is 2.43. The molecule has 0 aromatic rings. The minimum absolute atomic E-state index is 0.203. The Morgan fingerprint density at radius 2 is 1.69 bits per heavy atom. The molecule has 96 valence electrons. The molecular formula is C13H28N2O. The zero-order valence-corrected chi connectivity index (χ0v) is 11.5. The smallest absolute Gasteiger partial charge is 0.0474 e. The predicted molar refractivity (Wildman–Crippen MR) is 68.6 cm³/mol. The Kier molecular flexibility index (Phi) is 4.38. The van der Waals surface area contributed by atoms with Gasteiger partial charge in [0.1, 0.15) is 0 Å². The minimum Gasteiger partial charge on any atom is -0.385 e. The number of methoxy groups -OCH3 is 1. The van der Waals surface area contributed by atoms with Crippen molar-refractivity contribution in [1.82, 2.24) is 4.90 Å². The fraction of sp³-hybridized carbons (Fsp3) is 1.00. The average Bonchev–Trinajstić information content (AvgIpc) is 2.07. The van der Waals surface area contributed by atoms with Gasteiger partial charge in [-0.3, -0.25) is 4.90 Å². The zero-order chi connectivity index (χ0) is 12.4. The highest BCUT2D eigenvalue weighted by molar-refractivity contribution is 5.01. The molecule has 1 aliphatic heterocycles. The lowest BCUT2D eigenvalue weighted by molar-refractivity contribution is -0.0384. The van der Waals surface area contributed by atoms with Crippen LogP contribution in [-0.2, 0) is 4.74 Å². The van der Waals surface area contributed by atoms with Gasteiger partial charge in [-0.2, -0.15) is 0 Å². The van der Waals surface area contributed by atoms with Crippen LogP contribution >= 0.6 is 0 Å². The quantitative estimate of drug-likeness (QED) is 0.748. The fourth-order valence-corrected chi connectivity index (χ4v) is 3.37. The summed E-state index contributed by atoms with van der Waals surface area (Å²) in [5.74, 6) is 0. The Hall–Kier alpha value is -0.120. The third-order valence-electron chi connectivity index (χ3n) is 3.72. The van der Waals surface area contributed by atoms with Gasteiger partial charge in [0.2, 0.25) is 0 Å². The minimum atomic E-state index is 0.203. The van der Waals surface area contributed by atoms with Crippen molar-refractivity contribution in [1.29, 1.82) is 0 Å². The van der Waals surface area contributed by atoms with Crippen molar-refractivity contribution in [2.45, 2.75) is 64.1 Å². The Morgan fingerprint density at radius 1 is 1.19 bits per heavy atom. The molecule has 1 aliphatic rings. The van der Waals surface area contributed by atoms with Crippen molar-refractivity contribution >= 4 is 0 Å². The van der Waals surface area contributed by atoms with Crippen LogP contribution in [0, 0.1) is 0 Å². The molecule has 1 fully saturated rings. The first-order chi connectivity index (χ1) is 7.29. The molecule has 3 nitrogen and oxygen atoms in total.